The van der Waals surface area contributed by atoms with E-state index >= 15 is 0 Å². The SMILES string of the molecule is COc1ccc(C#CCCO)c(CSC(C)CCO)c1. The zero-order valence-corrected chi connectivity index (χ0v) is 12.9. The third-order valence-electron chi connectivity index (χ3n) is 2.83. The molecule has 1 aromatic carbocycles. The van der Waals surface area contributed by atoms with Crippen molar-refractivity contribution in [3.63, 3.8) is 0 Å². The summed E-state index contributed by atoms with van der Waals surface area (Å²) in [5, 5.41) is 18.1. The van der Waals surface area contributed by atoms with Crippen molar-refractivity contribution in [3.05, 3.63) is 29.3 Å². The van der Waals surface area contributed by atoms with Gasteiger partial charge in [0.1, 0.15) is 5.75 Å². The second kappa shape index (κ2) is 9.71. The molecule has 0 spiro atoms. The number of aliphatic hydroxyl groups excluding tert-OH is 2. The lowest BCUT2D eigenvalue weighted by atomic mass is 10.1. The number of thioether (sulfide) groups is 1. The van der Waals surface area contributed by atoms with Crippen LogP contribution >= 0.6 is 11.8 Å². The fraction of sp³-hybridized carbons (Fsp3) is 0.500. The van der Waals surface area contributed by atoms with Crippen LogP contribution < -0.4 is 4.74 Å². The van der Waals surface area contributed by atoms with E-state index in [1.165, 1.54) is 0 Å². The summed E-state index contributed by atoms with van der Waals surface area (Å²) in [6.45, 7) is 2.41. The second-order valence-electron chi connectivity index (χ2n) is 4.43. The van der Waals surface area contributed by atoms with Gasteiger partial charge in [-0.1, -0.05) is 18.8 Å². The molecule has 0 aliphatic rings. The molecule has 0 amide bonds. The third kappa shape index (κ3) is 5.87. The second-order valence-corrected chi connectivity index (χ2v) is 5.86. The minimum atomic E-state index is 0.0841. The summed E-state index contributed by atoms with van der Waals surface area (Å²) in [6, 6.07) is 5.85. The van der Waals surface area contributed by atoms with E-state index in [2.05, 4.69) is 18.8 Å². The molecule has 1 atom stereocenters. The van der Waals surface area contributed by atoms with E-state index in [1.807, 2.05) is 18.2 Å². The van der Waals surface area contributed by atoms with Crippen LogP contribution in [0.15, 0.2) is 18.2 Å². The van der Waals surface area contributed by atoms with Crippen LogP contribution in [0.2, 0.25) is 0 Å². The summed E-state index contributed by atoms with van der Waals surface area (Å²) in [7, 11) is 1.65. The van der Waals surface area contributed by atoms with Crippen LogP contribution in [0.1, 0.15) is 30.9 Å². The molecular formula is C16H22O3S. The van der Waals surface area contributed by atoms with Crippen LogP contribution in [0.5, 0.6) is 5.75 Å². The average Bonchev–Trinajstić information content (AvgIpc) is 2.46. The number of methoxy groups -OCH3 is 1. The van der Waals surface area contributed by atoms with Crippen LogP contribution in [0.4, 0.5) is 0 Å². The summed E-state index contributed by atoms with van der Waals surface area (Å²) < 4.78 is 5.25. The smallest absolute Gasteiger partial charge is 0.119 e. The maximum atomic E-state index is 8.93. The summed E-state index contributed by atoms with van der Waals surface area (Å²) in [4.78, 5) is 0. The Bertz CT molecular complexity index is 463. The molecule has 0 aliphatic carbocycles. The Kier molecular flexibility index (Phi) is 8.20. The van der Waals surface area contributed by atoms with Gasteiger partial charge in [-0.3, -0.25) is 0 Å². The molecule has 110 valence electrons. The molecule has 1 unspecified atom stereocenters. The highest BCUT2D eigenvalue weighted by Gasteiger charge is 2.07. The Hall–Kier alpha value is -1.15. The Morgan fingerprint density at radius 3 is 2.75 bits per heavy atom. The van der Waals surface area contributed by atoms with Crippen LogP contribution in [-0.2, 0) is 5.75 Å². The number of hydrogen-bond acceptors (Lipinski definition) is 4. The number of ether oxygens (including phenoxy) is 1. The molecule has 0 fully saturated rings. The summed E-state index contributed by atoms with van der Waals surface area (Å²) in [6.07, 6.45) is 1.28. The summed E-state index contributed by atoms with van der Waals surface area (Å²) in [5.74, 6) is 7.70. The van der Waals surface area contributed by atoms with Crippen molar-refractivity contribution in [2.75, 3.05) is 20.3 Å². The molecule has 0 radical (unpaired) electrons. The lowest BCUT2D eigenvalue weighted by molar-refractivity contribution is 0.289. The molecule has 0 bridgehead atoms. The molecule has 3 nitrogen and oxygen atoms in total. The fourth-order valence-corrected chi connectivity index (χ4v) is 2.62. The van der Waals surface area contributed by atoms with Gasteiger partial charge < -0.3 is 14.9 Å². The first-order valence-electron chi connectivity index (χ1n) is 6.70. The Balaban J connectivity index is 2.81. The number of aliphatic hydroxyl groups is 2. The van der Waals surface area contributed by atoms with Crippen molar-refractivity contribution in [2.45, 2.75) is 30.8 Å². The molecule has 0 saturated heterocycles. The minimum Gasteiger partial charge on any atom is -0.497 e. The molecular weight excluding hydrogens is 272 g/mol. The van der Waals surface area contributed by atoms with Crippen molar-refractivity contribution in [3.8, 4) is 17.6 Å². The van der Waals surface area contributed by atoms with Gasteiger partial charge in [0, 0.05) is 29.6 Å². The number of rotatable bonds is 7. The van der Waals surface area contributed by atoms with E-state index < -0.39 is 0 Å². The predicted molar refractivity (Wildman–Crippen MR) is 84.0 cm³/mol. The van der Waals surface area contributed by atoms with Gasteiger partial charge in [0.05, 0.1) is 13.7 Å². The maximum absolute atomic E-state index is 8.93. The predicted octanol–water partition coefficient (Wildman–Crippen LogP) is 2.43. The molecule has 1 rings (SSSR count). The number of benzene rings is 1. The first kappa shape index (κ1) is 16.9. The summed E-state index contributed by atoms with van der Waals surface area (Å²) >= 11 is 1.79. The number of hydrogen-bond donors (Lipinski definition) is 2. The zero-order chi connectivity index (χ0) is 14.8. The van der Waals surface area contributed by atoms with Gasteiger partial charge in [0.25, 0.3) is 0 Å². The van der Waals surface area contributed by atoms with Gasteiger partial charge in [-0.15, -0.1) is 0 Å². The Morgan fingerprint density at radius 2 is 2.10 bits per heavy atom. The quantitative estimate of drug-likeness (QED) is 0.758. The zero-order valence-electron chi connectivity index (χ0n) is 12.1. The van der Waals surface area contributed by atoms with E-state index in [9.17, 15) is 0 Å². The average molecular weight is 294 g/mol. The van der Waals surface area contributed by atoms with Crippen LogP contribution in [0.25, 0.3) is 0 Å². The molecule has 0 aliphatic heterocycles. The molecule has 4 heteroatoms. The van der Waals surface area contributed by atoms with E-state index in [4.69, 9.17) is 14.9 Å². The van der Waals surface area contributed by atoms with Gasteiger partial charge >= 0.3 is 0 Å². The first-order valence-corrected chi connectivity index (χ1v) is 7.75. The van der Waals surface area contributed by atoms with Crippen LogP contribution in [0.3, 0.4) is 0 Å². The minimum absolute atomic E-state index is 0.0841. The summed E-state index contributed by atoms with van der Waals surface area (Å²) in [5.41, 5.74) is 2.10. The molecule has 20 heavy (non-hydrogen) atoms. The van der Waals surface area contributed by atoms with E-state index in [0.29, 0.717) is 11.7 Å². The van der Waals surface area contributed by atoms with Gasteiger partial charge in [0.2, 0.25) is 0 Å². The Morgan fingerprint density at radius 1 is 1.30 bits per heavy atom. The van der Waals surface area contributed by atoms with Crippen molar-refractivity contribution in [1.29, 1.82) is 0 Å². The van der Waals surface area contributed by atoms with E-state index in [1.54, 1.807) is 18.9 Å². The molecule has 0 heterocycles. The third-order valence-corrected chi connectivity index (χ3v) is 4.11. The highest BCUT2D eigenvalue weighted by atomic mass is 32.2. The normalized spacial score (nSPS) is 11.6. The molecule has 0 aromatic heterocycles. The monoisotopic (exact) mass is 294 g/mol. The van der Waals surface area contributed by atoms with Crippen molar-refractivity contribution >= 4 is 11.8 Å². The molecule has 0 saturated carbocycles. The van der Waals surface area contributed by atoms with E-state index in [0.717, 1.165) is 29.1 Å². The van der Waals surface area contributed by atoms with E-state index in [-0.39, 0.29) is 13.2 Å². The van der Waals surface area contributed by atoms with Gasteiger partial charge in [-0.2, -0.15) is 11.8 Å². The van der Waals surface area contributed by atoms with Gasteiger partial charge in [-0.05, 0) is 30.2 Å². The van der Waals surface area contributed by atoms with Crippen LogP contribution in [-0.4, -0.2) is 35.8 Å². The highest BCUT2D eigenvalue weighted by Crippen LogP contribution is 2.25. The standard InChI is InChI=1S/C16H22O3S/c1-13(8-10-18)20-12-15-11-16(19-2)7-6-14(15)5-3-4-9-17/h6-7,11,13,17-18H,4,8-10,12H2,1-2H3. The van der Waals surface area contributed by atoms with Gasteiger partial charge in [0.15, 0.2) is 0 Å². The first-order chi connectivity index (χ1) is 9.71. The van der Waals surface area contributed by atoms with Crippen molar-refractivity contribution < 1.29 is 14.9 Å². The van der Waals surface area contributed by atoms with Gasteiger partial charge in [-0.25, -0.2) is 0 Å². The lowest BCUT2D eigenvalue weighted by Gasteiger charge is -2.11. The molecule has 1 aromatic rings. The topological polar surface area (TPSA) is 49.7 Å². The molecule has 2 N–H and O–H groups in total. The Labute approximate surface area is 125 Å². The highest BCUT2D eigenvalue weighted by molar-refractivity contribution is 7.99. The van der Waals surface area contributed by atoms with Crippen molar-refractivity contribution in [2.24, 2.45) is 0 Å². The lowest BCUT2D eigenvalue weighted by Crippen LogP contribution is -2.01. The largest absolute Gasteiger partial charge is 0.497 e. The maximum Gasteiger partial charge on any atom is 0.119 e. The van der Waals surface area contributed by atoms with Crippen LogP contribution in [0, 0.1) is 11.8 Å². The fourth-order valence-electron chi connectivity index (χ4n) is 1.65. The van der Waals surface area contributed by atoms with Crippen molar-refractivity contribution in [1.82, 2.24) is 0 Å².